The number of hydrogen-bond acceptors (Lipinski definition) is 3. The molecule has 6 heteroatoms. The fraction of sp³-hybridized carbons (Fsp3) is 0.389. The van der Waals surface area contributed by atoms with Crippen LogP contribution in [0, 0.1) is 6.92 Å². The third-order valence-corrected chi connectivity index (χ3v) is 5.40. The lowest BCUT2D eigenvalue weighted by molar-refractivity contribution is 0.329. The smallest absolute Gasteiger partial charge is 0.268 e. The molecule has 2 aromatic rings. The molecule has 1 fully saturated rings. The predicted molar refractivity (Wildman–Crippen MR) is 99.0 cm³/mol. The molecule has 0 bridgehead atoms. The summed E-state index contributed by atoms with van der Waals surface area (Å²) in [6, 6.07) is 9.54. The summed E-state index contributed by atoms with van der Waals surface area (Å²) in [7, 11) is 0. The quantitative estimate of drug-likeness (QED) is 0.754. The average Bonchev–Trinajstić information content (AvgIpc) is 2.62. The molecule has 0 radical (unpaired) electrons. The summed E-state index contributed by atoms with van der Waals surface area (Å²) >= 11 is 3.34. The monoisotopic (exact) mass is 389 g/mol. The van der Waals surface area contributed by atoms with E-state index in [-0.39, 0.29) is 17.3 Å². The highest BCUT2D eigenvalue weighted by Crippen LogP contribution is 2.26. The van der Waals surface area contributed by atoms with E-state index in [1.54, 1.807) is 13.1 Å². The number of hydrogen-bond donors (Lipinski definition) is 0. The summed E-state index contributed by atoms with van der Waals surface area (Å²) in [6.45, 7) is 1.72. The Labute approximate surface area is 148 Å². The van der Waals surface area contributed by atoms with Crippen molar-refractivity contribution in [3.05, 3.63) is 66.9 Å². The molecule has 1 aliphatic rings. The molecule has 126 valence electrons. The van der Waals surface area contributed by atoms with Gasteiger partial charge < -0.3 is 0 Å². The molecule has 0 saturated heterocycles. The van der Waals surface area contributed by atoms with Crippen LogP contribution in [0.4, 0.5) is 0 Å². The van der Waals surface area contributed by atoms with Crippen LogP contribution < -0.4 is 11.2 Å². The first-order valence-corrected chi connectivity index (χ1v) is 9.02. The van der Waals surface area contributed by atoms with Gasteiger partial charge in [-0.2, -0.15) is 9.78 Å². The Morgan fingerprint density at radius 2 is 1.79 bits per heavy atom. The number of benzene rings is 1. The standard InChI is InChI=1S/C18H20BrN3O2/c1-13-16(19)17(23)21(15-10-6-3-7-11-15)18(24)22(13)20-12-14-8-4-2-5-9-14/h2,4-5,8-9,12,15H,3,6-7,10-11H2,1H3/b20-12+. The van der Waals surface area contributed by atoms with Crippen LogP contribution in [0.5, 0.6) is 0 Å². The van der Waals surface area contributed by atoms with E-state index in [2.05, 4.69) is 21.0 Å². The summed E-state index contributed by atoms with van der Waals surface area (Å²) in [4.78, 5) is 25.5. The van der Waals surface area contributed by atoms with E-state index in [0.717, 1.165) is 31.2 Å². The second-order valence-electron chi connectivity index (χ2n) is 6.12. The van der Waals surface area contributed by atoms with Gasteiger partial charge in [-0.05, 0) is 41.3 Å². The summed E-state index contributed by atoms with van der Waals surface area (Å²) in [5.41, 5.74) is 0.801. The molecule has 0 aliphatic heterocycles. The Kier molecular flexibility index (Phi) is 5.14. The van der Waals surface area contributed by atoms with Gasteiger partial charge in [0.1, 0.15) is 4.47 Å². The van der Waals surface area contributed by atoms with Crippen LogP contribution in [0.2, 0.25) is 0 Å². The average molecular weight is 390 g/mol. The van der Waals surface area contributed by atoms with Gasteiger partial charge in [-0.1, -0.05) is 49.6 Å². The fourth-order valence-electron chi connectivity index (χ4n) is 3.15. The van der Waals surface area contributed by atoms with Crippen LogP contribution in [0.3, 0.4) is 0 Å². The minimum absolute atomic E-state index is 0.0335. The van der Waals surface area contributed by atoms with Crippen molar-refractivity contribution in [1.29, 1.82) is 0 Å². The molecule has 0 amide bonds. The lowest BCUT2D eigenvalue weighted by Gasteiger charge is -2.24. The Balaban J connectivity index is 2.09. The van der Waals surface area contributed by atoms with Crippen LogP contribution >= 0.6 is 15.9 Å². The minimum atomic E-state index is -0.361. The number of nitrogens with zero attached hydrogens (tertiary/aromatic N) is 3. The van der Waals surface area contributed by atoms with Crippen molar-refractivity contribution >= 4 is 22.1 Å². The Morgan fingerprint density at radius 1 is 1.12 bits per heavy atom. The van der Waals surface area contributed by atoms with E-state index in [4.69, 9.17) is 0 Å². The first kappa shape index (κ1) is 16.9. The fourth-order valence-corrected chi connectivity index (χ4v) is 3.51. The maximum atomic E-state index is 12.9. The largest absolute Gasteiger partial charge is 0.352 e. The highest BCUT2D eigenvalue weighted by Gasteiger charge is 2.22. The molecular weight excluding hydrogens is 370 g/mol. The number of aromatic nitrogens is 2. The van der Waals surface area contributed by atoms with Crippen molar-refractivity contribution in [3.8, 4) is 0 Å². The van der Waals surface area contributed by atoms with Crippen molar-refractivity contribution in [2.45, 2.75) is 45.1 Å². The molecular formula is C18H20BrN3O2. The third-order valence-electron chi connectivity index (χ3n) is 4.49. The molecule has 0 spiro atoms. The van der Waals surface area contributed by atoms with Crippen molar-refractivity contribution in [2.24, 2.45) is 5.10 Å². The molecule has 0 unspecified atom stereocenters. The van der Waals surface area contributed by atoms with Crippen LogP contribution in [-0.4, -0.2) is 15.5 Å². The van der Waals surface area contributed by atoms with Gasteiger partial charge in [0, 0.05) is 6.04 Å². The molecule has 0 N–H and O–H groups in total. The normalized spacial score (nSPS) is 15.9. The Morgan fingerprint density at radius 3 is 2.46 bits per heavy atom. The molecule has 1 aromatic heterocycles. The van der Waals surface area contributed by atoms with Crippen molar-refractivity contribution < 1.29 is 0 Å². The van der Waals surface area contributed by atoms with Crippen LogP contribution in [0.15, 0.2) is 49.5 Å². The van der Waals surface area contributed by atoms with E-state index in [9.17, 15) is 9.59 Å². The molecule has 1 heterocycles. The van der Waals surface area contributed by atoms with Crippen LogP contribution in [0.1, 0.15) is 49.4 Å². The summed E-state index contributed by atoms with van der Waals surface area (Å²) in [6.07, 6.45) is 6.64. The number of rotatable bonds is 3. The molecule has 0 atom stereocenters. The van der Waals surface area contributed by atoms with Gasteiger partial charge in [0.2, 0.25) is 0 Å². The highest BCUT2D eigenvalue weighted by molar-refractivity contribution is 9.10. The predicted octanol–water partition coefficient (Wildman–Crippen LogP) is 3.47. The zero-order chi connectivity index (χ0) is 17.1. The summed E-state index contributed by atoms with van der Waals surface area (Å²) in [5.74, 6) is 0. The molecule has 24 heavy (non-hydrogen) atoms. The lowest BCUT2D eigenvalue weighted by Crippen LogP contribution is -2.43. The van der Waals surface area contributed by atoms with Crippen molar-refractivity contribution in [2.75, 3.05) is 0 Å². The molecule has 1 aliphatic carbocycles. The molecule has 1 saturated carbocycles. The Hall–Kier alpha value is -1.95. The van der Waals surface area contributed by atoms with E-state index in [1.165, 1.54) is 15.7 Å². The molecule has 3 rings (SSSR count). The number of halogens is 1. The lowest BCUT2D eigenvalue weighted by atomic mass is 9.95. The van der Waals surface area contributed by atoms with E-state index in [0.29, 0.717) is 10.2 Å². The maximum absolute atomic E-state index is 12.9. The highest BCUT2D eigenvalue weighted by atomic mass is 79.9. The van der Waals surface area contributed by atoms with Gasteiger partial charge in [-0.25, -0.2) is 4.79 Å². The van der Waals surface area contributed by atoms with Gasteiger partial charge in [-0.15, -0.1) is 0 Å². The maximum Gasteiger partial charge on any atom is 0.352 e. The summed E-state index contributed by atoms with van der Waals surface area (Å²) < 4.78 is 3.09. The summed E-state index contributed by atoms with van der Waals surface area (Å²) in [5, 5.41) is 4.32. The zero-order valence-electron chi connectivity index (χ0n) is 13.6. The zero-order valence-corrected chi connectivity index (χ0v) is 15.2. The van der Waals surface area contributed by atoms with Crippen LogP contribution in [-0.2, 0) is 0 Å². The van der Waals surface area contributed by atoms with Gasteiger partial charge in [-0.3, -0.25) is 9.36 Å². The third kappa shape index (κ3) is 3.29. The first-order chi connectivity index (χ1) is 11.6. The second kappa shape index (κ2) is 7.30. The Bertz CT molecular complexity index is 862. The van der Waals surface area contributed by atoms with Crippen LogP contribution in [0.25, 0.3) is 0 Å². The van der Waals surface area contributed by atoms with E-state index < -0.39 is 0 Å². The topological polar surface area (TPSA) is 56.4 Å². The SMILES string of the molecule is Cc1c(Br)c(=O)n(C2CCCCC2)c(=O)n1/N=C/c1ccccc1. The van der Waals surface area contributed by atoms with Crippen molar-refractivity contribution in [1.82, 2.24) is 9.24 Å². The second-order valence-corrected chi connectivity index (χ2v) is 6.91. The molecule has 1 aromatic carbocycles. The van der Waals surface area contributed by atoms with Gasteiger partial charge in [0.15, 0.2) is 0 Å². The molecule has 5 nitrogen and oxygen atoms in total. The van der Waals surface area contributed by atoms with Gasteiger partial charge in [0.25, 0.3) is 5.56 Å². The first-order valence-electron chi connectivity index (χ1n) is 8.22. The van der Waals surface area contributed by atoms with Crippen molar-refractivity contribution in [3.63, 3.8) is 0 Å². The van der Waals surface area contributed by atoms with Gasteiger partial charge in [0.05, 0.1) is 11.9 Å². The van der Waals surface area contributed by atoms with E-state index >= 15 is 0 Å². The minimum Gasteiger partial charge on any atom is -0.268 e. The van der Waals surface area contributed by atoms with Gasteiger partial charge >= 0.3 is 5.69 Å². The van der Waals surface area contributed by atoms with E-state index in [1.807, 2.05) is 30.3 Å².